The first-order valence-electron chi connectivity index (χ1n) is 10.3. The van der Waals surface area contributed by atoms with Crippen molar-refractivity contribution in [3.05, 3.63) is 52.9 Å². The number of fused-ring (bicyclic) bond motifs is 3. The molecule has 6 nitrogen and oxygen atoms in total. The number of benzene rings is 1. The van der Waals surface area contributed by atoms with Gasteiger partial charge >= 0.3 is 0 Å². The van der Waals surface area contributed by atoms with E-state index in [0.717, 1.165) is 37.3 Å². The van der Waals surface area contributed by atoms with E-state index in [1.807, 2.05) is 4.68 Å². The molecule has 2 fully saturated rings. The standard InChI is InChI=1S/C21H26F2N4O2/c22-13-1-2-18(23)15(6-13)21-19(24)7-14(11-29-21)26-8-12-5-20-17(16(12)9-26)10-27(25-20)3-4-28/h1-2,6,10,12,14,16,19,21,28H,3-5,7-9,11,24H2/t12?,14-,16?,19+,21-/m1/s1. The minimum absolute atomic E-state index is 0.0884. The minimum atomic E-state index is -0.618. The first-order valence-corrected chi connectivity index (χ1v) is 10.3. The summed E-state index contributed by atoms with van der Waals surface area (Å²) in [7, 11) is 0. The van der Waals surface area contributed by atoms with Crippen LogP contribution in [0.2, 0.25) is 0 Å². The fourth-order valence-electron chi connectivity index (χ4n) is 5.32. The monoisotopic (exact) mass is 404 g/mol. The number of nitrogens with zero attached hydrogens (tertiary/aromatic N) is 3. The number of nitrogens with two attached hydrogens (primary N) is 1. The smallest absolute Gasteiger partial charge is 0.129 e. The molecule has 2 unspecified atom stereocenters. The zero-order chi connectivity index (χ0) is 20.1. The molecule has 0 radical (unpaired) electrons. The van der Waals surface area contributed by atoms with Gasteiger partial charge in [0.25, 0.3) is 0 Å². The molecule has 156 valence electrons. The lowest BCUT2D eigenvalue weighted by molar-refractivity contribution is -0.0479. The van der Waals surface area contributed by atoms with Crippen molar-refractivity contribution < 1.29 is 18.6 Å². The predicted molar refractivity (Wildman–Crippen MR) is 102 cm³/mol. The van der Waals surface area contributed by atoms with Gasteiger partial charge in [0.05, 0.1) is 25.5 Å². The molecule has 3 aliphatic rings. The molecule has 2 aromatic rings. The molecular formula is C21H26F2N4O2. The summed E-state index contributed by atoms with van der Waals surface area (Å²) in [5.41, 5.74) is 9.00. The lowest BCUT2D eigenvalue weighted by Crippen LogP contribution is -2.48. The van der Waals surface area contributed by atoms with Crippen molar-refractivity contribution in [1.82, 2.24) is 14.7 Å². The number of aliphatic hydroxyl groups excluding tert-OH is 1. The van der Waals surface area contributed by atoms with Crippen LogP contribution < -0.4 is 5.73 Å². The van der Waals surface area contributed by atoms with E-state index in [-0.39, 0.29) is 24.3 Å². The van der Waals surface area contributed by atoms with Gasteiger partial charge < -0.3 is 15.6 Å². The third-order valence-electron chi connectivity index (χ3n) is 6.71. The molecule has 5 rings (SSSR count). The number of halogens is 2. The summed E-state index contributed by atoms with van der Waals surface area (Å²) in [6.07, 6.45) is 3.11. The molecule has 3 N–H and O–H groups in total. The van der Waals surface area contributed by atoms with Crippen molar-refractivity contribution >= 4 is 0 Å². The molecule has 0 bridgehead atoms. The van der Waals surface area contributed by atoms with Gasteiger partial charge in [-0.2, -0.15) is 5.10 Å². The van der Waals surface area contributed by atoms with E-state index >= 15 is 0 Å². The van der Waals surface area contributed by atoms with Crippen LogP contribution in [0.5, 0.6) is 0 Å². The molecule has 0 spiro atoms. The molecule has 29 heavy (non-hydrogen) atoms. The molecule has 5 atom stereocenters. The van der Waals surface area contributed by atoms with E-state index in [4.69, 9.17) is 15.6 Å². The van der Waals surface area contributed by atoms with Crippen molar-refractivity contribution in [3.8, 4) is 0 Å². The maximum atomic E-state index is 14.1. The van der Waals surface area contributed by atoms with Crippen LogP contribution in [0.1, 0.15) is 35.3 Å². The van der Waals surface area contributed by atoms with Crippen LogP contribution in [0.3, 0.4) is 0 Å². The SMILES string of the molecule is N[C@H]1C[C@@H](N2CC3Cc4nn(CCO)cc4C3C2)CO[C@@H]1c1cc(F)ccc1F. The van der Waals surface area contributed by atoms with E-state index in [2.05, 4.69) is 16.2 Å². The molecular weight excluding hydrogens is 378 g/mol. The highest BCUT2D eigenvalue weighted by Gasteiger charge is 2.45. The van der Waals surface area contributed by atoms with Crippen LogP contribution in [0.15, 0.2) is 24.4 Å². The van der Waals surface area contributed by atoms with E-state index < -0.39 is 17.7 Å². The lowest BCUT2D eigenvalue weighted by atomic mass is 9.93. The average Bonchev–Trinajstić information content (AvgIpc) is 3.35. The first kappa shape index (κ1) is 19.1. The predicted octanol–water partition coefficient (Wildman–Crippen LogP) is 1.58. The quantitative estimate of drug-likeness (QED) is 0.809. The lowest BCUT2D eigenvalue weighted by Gasteiger charge is -2.39. The number of hydrogen-bond donors (Lipinski definition) is 2. The van der Waals surface area contributed by atoms with E-state index in [0.29, 0.717) is 31.4 Å². The summed E-state index contributed by atoms with van der Waals surface area (Å²) in [6.45, 7) is 2.98. The first-order chi connectivity index (χ1) is 14.0. The Bertz CT molecular complexity index is 905. The van der Waals surface area contributed by atoms with Crippen LogP contribution in [0.4, 0.5) is 8.78 Å². The Morgan fingerprint density at radius 1 is 1.24 bits per heavy atom. The van der Waals surface area contributed by atoms with Crippen molar-refractivity contribution in [2.75, 3.05) is 26.3 Å². The number of rotatable bonds is 4. The fraction of sp³-hybridized carbons (Fsp3) is 0.571. The van der Waals surface area contributed by atoms with E-state index in [1.165, 1.54) is 11.6 Å². The fourth-order valence-corrected chi connectivity index (χ4v) is 5.32. The third-order valence-corrected chi connectivity index (χ3v) is 6.71. The normalized spacial score (nSPS) is 31.8. The van der Waals surface area contributed by atoms with Crippen LogP contribution in [0, 0.1) is 17.6 Å². The Kier molecular flexibility index (Phi) is 4.90. The summed E-state index contributed by atoms with van der Waals surface area (Å²) in [5.74, 6) is 0.0376. The van der Waals surface area contributed by atoms with Gasteiger partial charge in [-0.15, -0.1) is 0 Å². The van der Waals surface area contributed by atoms with Gasteiger partial charge in [0.15, 0.2) is 0 Å². The third kappa shape index (κ3) is 3.38. The number of likely N-dealkylation sites (tertiary alicyclic amines) is 1. The average molecular weight is 404 g/mol. The largest absolute Gasteiger partial charge is 0.394 e. The summed E-state index contributed by atoms with van der Waals surface area (Å²) in [6, 6.07) is 3.22. The highest BCUT2D eigenvalue weighted by Crippen LogP contribution is 2.44. The molecule has 2 aliphatic heterocycles. The maximum absolute atomic E-state index is 14.1. The Morgan fingerprint density at radius 2 is 2.10 bits per heavy atom. The molecule has 1 aromatic heterocycles. The minimum Gasteiger partial charge on any atom is -0.394 e. The Balaban J connectivity index is 1.25. The molecule has 0 amide bonds. The second-order valence-electron chi connectivity index (χ2n) is 8.52. The van der Waals surface area contributed by atoms with Gasteiger partial charge in [-0.25, -0.2) is 8.78 Å². The summed E-state index contributed by atoms with van der Waals surface area (Å²) >= 11 is 0. The van der Waals surface area contributed by atoms with Gasteiger partial charge in [-0.05, 0) is 42.5 Å². The zero-order valence-electron chi connectivity index (χ0n) is 16.2. The van der Waals surface area contributed by atoms with Crippen molar-refractivity contribution in [2.24, 2.45) is 11.7 Å². The Hall–Kier alpha value is -1.87. The molecule has 1 aliphatic carbocycles. The van der Waals surface area contributed by atoms with Gasteiger partial charge in [0, 0.05) is 42.9 Å². The van der Waals surface area contributed by atoms with E-state index in [9.17, 15) is 8.78 Å². The van der Waals surface area contributed by atoms with Crippen molar-refractivity contribution in [3.63, 3.8) is 0 Å². The highest BCUT2D eigenvalue weighted by atomic mass is 19.1. The van der Waals surface area contributed by atoms with E-state index in [1.54, 1.807) is 0 Å². The number of hydrogen-bond acceptors (Lipinski definition) is 5. The van der Waals surface area contributed by atoms with Gasteiger partial charge in [-0.3, -0.25) is 9.58 Å². The summed E-state index contributed by atoms with van der Waals surface area (Å²) < 4.78 is 35.5. The van der Waals surface area contributed by atoms with Crippen molar-refractivity contribution in [1.29, 1.82) is 0 Å². The maximum Gasteiger partial charge on any atom is 0.129 e. The molecule has 3 heterocycles. The number of ether oxygens (including phenoxy) is 1. The zero-order valence-corrected chi connectivity index (χ0v) is 16.2. The number of aromatic nitrogens is 2. The summed E-state index contributed by atoms with van der Waals surface area (Å²) in [4.78, 5) is 2.43. The molecule has 8 heteroatoms. The molecule has 0 saturated carbocycles. The Morgan fingerprint density at radius 3 is 2.90 bits per heavy atom. The van der Waals surface area contributed by atoms with Gasteiger partial charge in [-0.1, -0.05) is 0 Å². The summed E-state index contributed by atoms with van der Waals surface area (Å²) in [5, 5.41) is 13.7. The molecule has 2 saturated heterocycles. The van der Waals surface area contributed by atoms with Crippen LogP contribution in [-0.4, -0.2) is 58.2 Å². The second kappa shape index (κ2) is 7.43. The van der Waals surface area contributed by atoms with Gasteiger partial charge in [0.2, 0.25) is 0 Å². The van der Waals surface area contributed by atoms with Crippen LogP contribution >= 0.6 is 0 Å². The second-order valence-corrected chi connectivity index (χ2v) is 8.52. The van der Waals surface area contributed by atoms with Crippen LogP contribution in [0.25, 0.3) is 0 Å². The molecule has 1 aromatic carbocycles. The van der Waals surface area contributed by atoms with Gasteiger partial charge in [0.1, 0.15) is 17.7 Å². The highest BCUT2D eigenvalue weighted by molar-refractivity contribution is 5.32. The Labute approximate surface area is 168 Å². The van der Waals surface area contributed by atoms with Crippen molar-refractivity contribution in [2.45, 2.75) is 43.5 Å². The number of aliphatic hydroxyl groups is 1. The topological polar surface area (TPSA) is 76.5 Å². The van der Waals surface area contributed by atoms with Crippen LogP contribution in [-0.2, 0) is 17.7 Å².